The Morgan fingerprint density at radius 1 is 1.41 bits per heavy atom. The molecule has 0 saturated carbocycles. The van der Waals surface area contributed by atoms with E-state index in [1.807, 2.05) is 6.92 Å². The Bertz CT molecular complexity index is 359. The summed E-state index contributed by atoms with van der Waals surface area (Å²) >= 11 is 6.08. The predicted octanol–water partition coefficient (Wildman–Crippen LogP) is 3.21. The fourth-order valence-electron chi connectivity index (χ4n) is 1.70. The minimum atomic E-state index is -0.250. The maximum atomic E-state index is 13.2. The molecule has 2 nitrogen and oxygen atoms in total. The summed E-state index contributed by atoms with van der Waals surface area (Å²) in [6.07, 6.45) is 0. The molecule has 0 amide bonds. The van der Waals surface area contributed by atoms with E-state index in [1.54, 1.807) is 13.2 Å². The van der Waals surface area contributed by atoms with E-state index in [0.29, 0.717) is 11.6 Å². The molecule has 2 unspecified atom stereocenters. The Hall–Kier alpha value is -0.640. The molecule has 0 fully saturated rings. The van der Waals surface area contributed by atoms with E-state index in [1.165, 1.54) is 12.1 Å². The summed E-state index contributed by atoms with van der Waals surface area (Å²) in [6, 6.07) is 4.69. The predicted molar refractivity (Wildman–Crippen MR) is 69.2 cm³/mol. The number of halogens is 2. The van der Waals surface area contributed by atoms with Crippen molar-refractivity contribution in [3.8, 4) is 0 Å². The van der Waals surface area contributed by atoms with Crippen molar-refractivity contribution < 1.29 is 9.13 Å². The molecule has 0 radical (unpaired) electrons. The zero-order valence-electron chi connectivity index (χ0n) is 10.5. The van der Waals surface area contributed by atoms with E-state index in [0.717, 1.165) is 12.1 Å². The highest BCUT2D eigenvalue weighted by atomic mass is 35.5. The lowest BCUT2D eigenvalue weighted by atomic mass is 9.94. The Labute approximate surface area is 107 Å². The number of ether oxygens (including phenoxy) is 1. The van der Waals surface area contributed by atoms with E-state index in [9.17, 15) is 4.39 Å². The molecule has 0 heterocycles. The SMILES string of the molecule is COCCNC(C)C(C)c1cc(F)ccc1Cl. The van der Waals surface area contributed by atoms with Crippen molar-refractivity contribution in [3.63, 3.8) is 0 Å². The summed E-state index contributed by atoms with van der Waals surface area (Å²) < 4.78 is 18.2. The van der Waals surface area contributed by atoms with Crippen LogP contribution in [0.3, 0.4) is 0 Å². The Morgan fingerprint density at radius 2 is 2.12 bits per heavy atom. The van der Waals surface area contributed by atoms with Crippen molar-refractivity contribution in [2.24, 2.45) is 0 Å². The van der Waals surface area contributed by atoms with Gasteiger partial charge in [0.1, 0.15) is 5.82 Å². The van der Waals surface area contributed by atoms with Gasteiger partial charge in [-0.1, -0.05) is 18.5 Å². The van der Waals surface area contributed by atoms with Gasteiger partial charge in [0, 0.05) is 24.7 Å². The molecule has 0 aromatic heterocycles. The van der Waals surface area contributed by atoms with Gasteiger partial charge in [0.15, 0.2) is 0 Å². The smallest absolute Gasteiger partial charge is 0.123 e. The maximum absolute atomic E-state index is 13.2. The summed E-state index contributed by atoms with van der Waals surface area (Å²) in [5.74, 6) is -0.101. The lowest BCUT2D eigenvalue weighted by Crippen LogP contribution is -2.33. The molecular formula is C13H19ClFNO. The van der Waals surface area contributed by atoms with Gasteiger partial charge in [-0.3, -0.25) is 0 Å². The average Bonchev–Trinajstić information content (AvgIpc) is 2.31. The lowest BCUT2D eigenvalue weighted by molar-refractivity contribution is 0.195. The molecule has 17 heavy (non-hydrogen) atoms. The molecule has 0 aliphatic heterocycles. The lowest BCUT2D eigenvalue weighted by Gasteiger charge is -2.22. The third kappa shape index (κ3) is 4.26. The molecule has 1 aromatic carbocycles. The van der Waals surface area contributed by atoms with Crippen LogP contribution in [-0.2, 0) is 4.74 Å². The van der Waals surface area contributed by atoms with Gasteiger partial charge in [0.25, 0.3) is 0 Å². The molecule has 0 bridgehead atoms. The second kappa shape index (κ2) is 6.94. The first kappa shape index (κ1) is 14.4. The summed E-state index contributed by atoms with van der Waals surface area (Å²) in [5, 5.41) is 3.93. The van der Waals surface area contributed by atoms with Crippen LogP contribution in [-0.4, -0.2) is 26.3 Å². The first-order valence-electron chi connectivity index (χ1n) is 5.73. The molecule has 96 valence electrons. The van der Waals surface area contributed by atoms with Crippen molar-refractivity contribution in [1.29, 1.82) is 0 Å². The van der Waals surface area contributed by atoms with Crippen LogP contribution in [0.25, 0.3) is 0 Å². The molecule has 0 saturated heterocycles. The molecule has 1 rings (SSSR count). The monoisotopic (exact) mass is 259 g/mol. The second-order valence-electron chi connectivity index (χ2n) is 4.19. The number of nitrogens with one attached hydrogen (secondary N) is 1. The van der Waals surface area contributed by atoms with Crippen LogP contribution in [0.2, 0.25) is 5.02 Å². The summed E-state index contributed by atoms with van der Waals surface area (Å²) in [5.41, 5.74) is 0.837. The first-order chi connectivity index (χ1) is 8.06. The van der Waals surface area contributed by atoms with Crippen LogP contribution in [0.5, 0.6) is 0 Å². The van der Waals surface area contributed by atoms with Gasteiger partial charge in [-0.25, -0.2) is 4.39 Å². The Morgan fingerprint density at radius 3 is 2.76 bits per heavy atom. The minimum Gasteiger partial charge on any atom is -0.383 e. The van der Waals surface area contributed by atoms with E-state index < -0.39 is 0 Å². The highest BCUT2D eigenvalue weighted by Gasteiger charge is 2.17. The normalized spacial score (nSPS) is 14.6. The molecule has 1 aromatic rings. The van der Waals surface area contributed by atoms with Crippen LogP contribution in [0.15, 0.2) is 18.2 Å². The van der Waals surface area contributed by atoms with Crippen LogP contribution in [0.1, 0.15) is 25.3 Å². The first-order valence-corrected chi connectivity index (χ1v) is 6.11. The van der Waals surface area contributed by atoms with Crippen molar-refractivity contribution in [1.82, 2.24) is 5.32 Å². The largest absolute Gasteiger partial charge is 0.383 e. The average molecular weight is 260 g/mol. The number of hydrogen-bond acceptors (Lipinski definition) is 2. The zero-order chi connectivity index (χ0) is 12.8. The highest BCUT2D eigenvalue weighted by molar-refractivity contribution is 6.31. The molecule has 4 heteroatoms. The van der Waals surface area contributed by atoms with Gasteiger partial charge in [-0.05, 0) is 36.6 Å². The summed E-state index contributed by atoms with van der Waals surface area (Å²) in [6.45, 7) is 5.52. The number of benzene rings is 1. The third-order valence-electron chi connectivity index (χ3n) is 2.97. The molecule has 2 atom stereocenters. The van der Waals surface area contributed by atoms with E-state index >= 15 is 0 Å². The number of hydrogen-bond donors (Lipinski definition) is 1. The highest BCUT2D eigenvalue weighted by Crippen LogP contribution is 2.27. The Balaban J connectivity index is 2.67. The number of methoxy groups -OCH3 is 1. The van der Waals surface area contributed by atoms with Gasteiger partial charge in [0.2, 0.25) is 0 Å². The topological polar surface area (TPSA) is 21.3 Å². The molecule has 0 spiro atoms. The molecular weight excluding hydrogens is 241 g/mol. The van der Waals surface area contributed by atoms with Crippen LogP contribution in [0, 0.1) is 5.82 Å². The van der Waals surface area contributed by atoms with Crippen LogP contribution < -0.4 is 5.32 Å². The van der Waals surface area contributed by atoms with Crippen molar-refractivity contribution >= 4 is 11.6 Å². The fourth-order valence-corrected chi connectivity index (χ4v) is 1.99. The van der Waals surface area contributed by atoms with Crippen molar-refractivity contribution in [2.75, 3.05) is 20.3 Å². The van der Waals surface area contributed by atoms with Gasteiger partial charge >= 0.3 is 0 Å². The summed E-state index contributed by atoms with van der Waals surface area (Å²) in [7, 11) is 1.67. The molecule has 1 N–H and O–H groups in total. The van der Waals surface area contributed by atoms with Gasteiger partial charge in [-0.2, -0.15) is 0 Å². The van der Waals surface area contributed by atoms with Crippen molar-refractivity contribution in [3.05, 3.63) is 34.6 Å². The Kier molecular flexibility index (Phi) is 5.89. The third-order valence-corrected chi connectivity index (χ3v) is 3.32. The zero-order valence-corrected chi connectivity index (χ0v) is 11.2. The summed E-state index contributed by atoms with van der Waals surface area (Å²) in [4.78, 5) is 0. The second-order valence-corrected chi connectivity index (χ2v) is 4.60. The minimum absolute atomic E-state index is 0.148. The van der Waals surface area contributed by atoms with Crippen LogP contribution >= 0.6 is 11.6 Å². The van der Waals surface area contributed by atoms with E-state index in [4.69, 9.17) is 16.3 Å². The molecule has 0 aliphatic carbocycles. The number of rotatable bonds is 6. The van der Waals surface area contributed by atoms with Gasteiger partial charge in [0.05, 0.1) is 6.61 Å². The van der Waals surface area contributed by atoms with Gasteiger partial charge in [-0.15, -0.1) is 0 Å². The van der Waals surface area contributed by atoms with Gasteiger partial charge < -0.3 is 10.1 Å². The van der Waals surface area contributed by atoms with E-state index in [2.05, 4.69) is 12.2 Å². The maximum Gasteiger partial charge on any atom is 0.123 e. The quantitative estimate of drug-likeness (QED) is 0.792. The van der Waals surface area contributed by atoms with E-state index in [-0.39, 0.29) is 17.8 Å². The molecule has 0 aliphatic rings. The van der Waals surface area contributed by atoms with Crippen LogP contribution in [0.4, 0.5) is 4.39 Å². The van der Waals surface area contributed by atoms with Crippen molar-refractivity contribution in [2.45, 2.75) is 25.8 Å². The fraction of sp³-hybridized carbons (Fsp3) is 0.538. The standard InChI is InChI=1S/C13H19ClFNO/c1-9(10(2)16-6-7-17-3)12-8-11(15)4-5-13(12)14/h4-5,8-10,16H,6-7H2,1-3H3.